The van der Waals surface area contributed by atoms with E-state index in [1.54, 1.807) is 47.8 Å². The van der Waals surface area contributed by atoms with Crippen LogP contribution in [0.3, 0.4) is 0 Å². The first-order valence-electron chi connectivity index (χ1n) is 17.0. The van der Waals surface area contributed by atoms with Gasteiger partial charge in [-0.15, -0.1) is 0 Å². The van der Waals surface area contributed by atoms with Gasteiger partial charge in [0.05, 0.1) is 11.4 Å². The second-order valence-corrected chi connectivity index (χ2v) is 14.4. The molecular weight excluding hydrogens is 620 g/mol. The third kappa shape index (κ3) is 6.66. The maximum Gasteiger partial charge on any atom is 0.272 e. The normalized spacial score (nSPS) is 32.4. The molecule has 0 radical (unpaired) electrons. The number of hydrogen-bond acceptors (Lipinski definition) is 9. The lowest BCUT2D eigenvalue weighted by atomic mass is 9.58. The highest BCUT2D eigenvalue weighted by atomic mass is 17.3. The minimum atomic E-state index is -0.888. The molecule has 14 heteroatoms. The minimum absolute atomic E-state index is 0.0571. The van der Waals surface area contributed by atoms with Crippen LogP contribution in [-0.4, -0.2) is 89.5 Å². The van der Waals surface area contributed by atoms with Crippen LogP contribution in [0.15, 0.2) is 24.5 Å². The average Bonchev–Trinajstić information content (AvgIpc) is 3.49. The van der Waals surface area contributed by atoms with Crippen molar-refractivity contribution in [2.45, 2.75) is 76.8 Å². The standard InChI is InChI=1S/C34H50N6O8/c1-20-9-10-25-21(2)31(45-32-34(25)24(20)11-12-33(3,46-32)47-48-34)44-19-28(41)36-22-15-27(40(7)17-22)30(43)37-23-16-26(39(6)18-23)29(42)35-13-8-14-38(4)5/h15-18,20-21,24-25,31-32H,8-14,19H2,1-7H3,(H,35,42)(H,36,41)(H,37,43)/t20-,21-,24+,25+,31+,32-,33+,34-/m1/s1. The lowest BCUT2D eigenvalue weighted by Crippen LogP contribution is -2.70. The summed E-state index contributed by atoms with van der Waals surface area (Å²) in [5.41, 5.74) is 1.00. The van der Waals surface area contributed by atoms with Crippen LogP contribution >= 0.6 is 0 Å². The predicted octanol–water partition coefficient (Wildman–Crippen LogP) is 3.46. The molecule has 0 unspecified atom stereocenters. The molecule has 8 atom stereocenters. The Labute approximate surface area is 281 Å². The number of aryl methyl sites for hydroxylation is 2. The van der Waals surface area contributed by atoms with Gasteiger partial charge >= 0.3 is 0 Å². The Hall–Kier alpha value is -3.27. The van der Waals surface area contributed by atoms with Gasteiger partial charge in [-0.25, -0.2) is 9.78 Å². The Balaban J connectivity index is 1.03. The van der Waals surface area contributed by atoms with Gasteiger partial charge in [-0.3, -0.25) is 14.4 Å². The lowest BCUT2D eigenvalue weighted by molar-refractivity contribution is -0.577. The number of ether oxygens (including phenoxy) is 3. The third-order valence-corrected chi connectivity index (χ3v) is 10.6. The van der Waals surface area contributed by atoms with E-state index in [1.165, 1.54) is 0 Å². The van der Waals surface area contributed by atoms with Crippen molar-refractivity contribution in [1.29, 1.82) is 0 Å². The molecule has 1 saturated carbocycles. The van der Waals surface area contributed by atoms with Crippen LogP contribution < -0.4 is 16.0 Å². The Kier molecular flexibility index (Phi) is 9.77. The maximum absolute atomic E-state index is 13.2. The van der Waals surface area contributed by atoms with E-state index < -0.39 is 24.0 Å². The molecule has 2 bridgehead atoms. The number of rotatable bonds is 11. The fraction of sp³-hybridized carbons (Fsp3) is 0.676. The summed E-state index contributed by atoms with van der Waals surface area (Å²) >= 11 is 0. The van der Waals surface area contributed by atoms with Crippen molar-refractivity contribution in [1.82, 2.24) is 19.4 Å². The highest BCUT2D eigenvalue weighted by Crippen LogP contribution is 2.60. The topological polar surface area (TPSA) is 147 Å². The quantitative estimate of drug-likeness (QED) is 0.242. The fourth-order valence-electron chi connectivity index (χ4n) is 8.02. The van der Waals surface area contributed by atoms with Crippen molar-refractivity contribution in [2.75, 3.05) is 44.4 Å². The zero-order valence-corrected chi connectivity index (χ0v) is 29.0. The van der Waals surface area contributed by atoms with E-state index >= 15 is 0 Å². The Bertz CT molecular complexity index is 1520. The number of aromatic nitrogens is 2. The van der Waals surface area contributed by atoms with Crippen molar-refractivity contribution in [3.05, 3.63) is 35.9 Å². The van der Waals surface area contributed by atoms with Crippen LogP contribution in [-0.2, 0) is 42.9 Å². The van der Waals surface area contributed by atoms with Crippen LogP contribution in [0, 0.1) is 23.7 Å². The number of amides is 3. The average molecular weight is 671 g/mol. The molecule has 1 spiro atoms. The smallest absolute Gasteiger partial charge is 0.272 e. The third-order valence-electron chi connectivity index (χ3n) is 10.6. The summed E-state index contributed by atoms with van der Waals surface area (Å²) in [6.07, 6.45) is 6.52. The highest BCUT2D eigenvalue weighted by molar-refractivity contribution is 6.05. The lowest BCUT2D eigenvalue weighted by Gasteiger charge is -2.60. The van der Waals surface area contributed by atoms with E-state index in [1.807, 2.05) is 21.0 Å². The van der Waals surface area contributed by atoms with E-state index in [2.05, 4.69) is 34.7 Å². The second-order valence-electron chi connectivity index (χ2n) is 14.4. The van der Waals surface area contributed by atoms with Crippen molar-refractivity contribution in [2.24, 2.45) is 37.8 Å². The van der Waals surface area contributed by atoms with Gasteiger partial charge in [-0.05, 0) is 77.2 Å². The molecule has 3 amide bonds. The molecule has 3 N–H and O–H groups in total. The van der Waals surface area contributed by atoms with Gasteiger partial charge in [0.15, 0.2) is 18.2 Å². The number of carbonyl (C=O) groups is 3. The molecule has 48 heavy (non-hydrogen) atoms. The zero-order valence-electron chi connectivity index (χ0n) is 29.0. The van der Waals surface area contributed by atoms with Crippen molar-refractivity contribution in [3.63, 3.8) is 0 Å². The van der Waals surface area contributed by atoms with Crippen molar-refractivity contribution in [3.8, 4) is 0 Å². The van der Waals surface area contributed by atoms with Gasteiger partial charge in [0, 0.05) is 51.3 Å². The second kappa shape index (κ2) is 13.6. The van der Waals surface area contributed by atoms with E-state index in [4.69, 9.17) is 24.0 Å². The summed E-state index contributed by atoms with van der Waals surface area (Å²) in [5.74, 6) is -1.13. The first-order valence-corrected chi connectivity index (χ1v) is 17.0. The number of fused-ring (bicyclic) bond motifs is 2. The number of nitrogens with zero attached hydrogens (tertiary/aromatic N) is 3. The molecule has 4 saturated heterocycles. The van der Waals surface area contributed by atoms with Gasteiger partial charge in [0.2, 0.25) is 5.79 Å². The van der Waals surface area contributed by atoms with Crippen LogP contribution in [0.2, 0.25) is 0 Å². The monoisotopic (exact) mass is 670 g/mol. The Morgan fingerprint density at radius 3 is 2.35 bits per heavy atom. The van der Waals surface area contributed by atoms with Gasteiger partial charge in [-0.2, -0.15) is 0 Å². The molecular formula is C34H50N6O8. The summed E-state index contributed by atoms with van der Waals surface area (Å²) in [7, 11) is 7.44. The molecule has 1 aliphatic carbocycles. The molecule has 7 rings (SSSR count). The van der Waals surface area contributed by atoms with Crippen LogP contribution in [0.4, 0.5) is 11.4 Å². The van der Waals surface area contributed by atoms with Gasteiger partial charge < -0.3 is 44.2 Å². The minimum Gasteiger partial charge on any atom is -0.351 e. The molecule has 14 nitrogen and oxygen atoms in total. The first-order chi connectivity index (χ1) is 22.8. The molecule has 5 fully saturated rings. The molecule has 264 valence electrons. The molecule has 2 aromatic rings. The molecule has 4 aliphatic heterocycles. The number of nitrogens with one attached hydrogen (secondary N) is 3. The zero-order chi connectivity index (χ0) is 34.4. The van der Waals surface area contributed by atoms with Crippen molar-refractivity contribution < 1.29 is 38.4 Å². The molecule has 6 heterocycles. The highest BCUT2D eigenvalue weighted by Gasteiger charge is 2.69. The largest absolute Gasteiger partial charge is 0.351 e. The summed E-state index contributed by atoms with van der Waals surface area (Å²) in [6.45, 7) is 7.40. The van der Waals surface area contributed by atoms with Gasteiger partial charge in [0.25, 0.3) is 17.7 Å². The summed E-state index contributed by atoms with van der Waals surface area (Å²) in [5, 5.41) is 8.58. The number of hydrogen-bond donors (Lipinski definition) is 3. The first kappa shape index (κ1) is 34.6. The van der Waals surface area contributed by atoms with Crippen molar-refractivity contribution >= 4 is 29.1 Å². The summed E-state index contributed by atoms with van der Waals surface area (Å²) in [6, 6.07) is 3.23. The predicted molar refractivity (Wildman–Crippen MR) is 176 cm³/mol. The van der Waals surface area contributed by atoms with E-state index in [0.717, 1.165) is 38.6 Å². The Morgan fingerprint density at radius 2 is 1.65 bits per heavy atom. The summed E-state index contributed by atoms with van der Waals surface area (Å²) < 4.78 is 22.2. The molecule has 2 aromatic heterocycles. The van der Waals surface area contributed by atoms with E-state index in [0.29, 0.717) is 35.2 Å². The van der Waals surface area contributed by atoms with E-state index in [9.17, 15) is 14.4 Å². The van der Waals surface area contributed by atoms with Crippen LogP contribution in [0.25, 0.3) is 0 Å². The summed E-state index contributed by atoms with van der Waals surface area (Å²) in [4.78, 5) is 53.0. The fourth-order valence-corrected chi connectivity index (χ4v) is 8.02. The van der Waals surface area contributed by atoms with Gasteiger partial charge in [-0.1, -0.05) is 13.8 Å². The SMILES string of the molecule is C[C@H]1[C@@H](OCC(=O)Nc2cc(C(=O)Nc3cc(C(=O)NCCCN(C)C)n(C)c3)n(C)c2)O[C@@H]2O[C@]3(C)CC[C@H]4[C@H](C)CC[C@@H]1[C@@]24OO3. The van der Waals surface area contributed by atoms with Gasteiger partial charge in [0.1, 0.15) is 18.0 Å². The molecule has 5 aliphatic rings. The van der Waals surface area contributed by atoms with Crippen LogP contribution in [0.1, 0.15) is 73.9 Å². The Morgan fingerprint density at radius 1 is 0.958 bits per heavy atom. The molecule has 0 aromatic carbocycles. The maximum atomic E-state index is 13.2. The van der Waals surface area contributed by atoms with Crippen LogP contribution in [0.5, 0.6) is 0 Å². The number of anilines is 2. The van der Waals surface area contributed by atoms with E-state index in [-0.39, 0.29) is 42.1 Å². The number of carbonyl (C=O) groups excluding carboxylic acids is 3.